The van der Waals surface area contributed by atoms with Gasteiger partial charge in [-0.1, -0.05) is 35.9 Å². The Morgan fingerprint density at radius 2 is 2.15 bits per heavy atom. The lowest BCUT2D eigenvalue weighted by Gasteiger charge is -2.25. The molecular weight excluding hydrogens is 378 g/mol. The highest BCUT2D eigenvalue weighted by Gasteiger charge is 2.17. The molecule has 5 heteroatoms. The summed E-state index contributed by atoms with van der Waals surface area (Å²) < 4.78 is 0. The third kappa shape index (κ3) is 4.70. The van der Waals surface area contributed by atoms with E-state index in [1.165, 1.54) is 16.0 Å². The van der Waals surface area contributed by atoms with Gasteiger partial charge in [-0.15, -0.1) is 11.3 Å². The number of rotatable bonds is 6. The van der Waals surface area contributed by atoms with Gasteiger partial charge >= 0.3 is 5.97 Å². The van der Waals surface area contributed by atoms with Crippen molar-refractivity contribution in [3.05, 3.63) is 74.0 Å². The monoisotopic (exact) mass is 401 g/mol. The normalized spacial score (nSPS) is 15.7. The fourth-order valence-corrected chi connectivity index (χ4v) is 4.57. The molecule has 1 N–H and O–H groups in total. The van der Waals surface area contributed by atoms with Crippen LogP contribution < -0.4 is 0 Å². The van der Waals surface area contributed by atoms with Crippen LogP contribution in [-0.2, 0) is 4.79 Å². The molecule has 27 heavy (non-hydrogen) atoms. The van der Waals surface area contributed by atoms with Crippen molar-refractivity contribution in [1.29, 1.82) is 0 Å². The van der Waals surface area contributed by atoms with E-state index in [1.807, 2.05) is 18.2 Å². The highest BCUT2D eigenvalue weighted by Crippen LogP contribution is 2.34. The molecule has 2 aromatic rings. The van der Waals surface area contributed by atoms with Gasteiger partial charge in [0.2, 0.25) is 0 Å². The first kappa shape index (κ1) is 19.9. The lowest BCUT2D eigenvalue weighted by molar-refractivity contribution is -0.133. The standard InChI is InChI=1S/C22H24ClNO2S/c1-15-10-13-27-21(15)19(18-7-3-9-20(23)16(18)2)8-5-12-24-11-4-6-17(14-24)22(25)26/h3,6-10,13H,4-5,11-12,14H2,1-2H3,(H,25,26). The molecule has 0 amide bonds. The maximum absolute atomic E-state index is 11.2. The van der Waals surface area contributed by atoms with Gasteiger partial charge < -0.3 is 5.11 Å². The maximum atomic E-state index is 11.2. The summed E-state index contributed by atoms with van der Waals surface area (Å²) in [6, 6.07) is 8.18. The fourth-order valence-electron chi connectivity index (χ4n) is 3.42. The molecule has 142 valence electrons. The van der Waals surface area contributed by atoms with Gasteiger partial charge in [0.25, 0.3) is 0 Å². The van der Waals surface area contributed by atoms with Crippen molar-refractivity contribution in [3.63, 3.8) is 0 Å². The molecule has 0 unspecified atom stereocenters. The molecule has 1 aliphatic heterocycles. The van der Waals surface area contributed by atoms with Crippen molar-refractivity contribution in [2.24, 2.45) is 0 Å². The molecule has 0 radical (unpaired) electrons. The molecule has 0 saturated carbocycles. The topological polar surface area (TPSA) is 40.5 Å². The van der Waals surface area contributed by atoms with Crippen LogP contribution in [0.5, 0.6) is 0 Å². The molecule has 0 spiro atoms. The van der Waals surface area contributed by atoms with Crippen molar-refractivity contribution in [1.82, 2.24) is 4.90 Å². The summed E-state index contributed by atoms with van der Waals surface area (Å²) in [5.74, 6) is -0.806. The van der Waals surface area contributed by atoms with Crippen LogP contribution in [0.3, 0.4) is 0 Å². The van der Waals surface area contributed by atoms with Crippen molar-refractivity contribution in [3.8, 4) is 0 Å². The first-order valence-corrected chi connectivity index (χ1v) is 10.4. The summed E-state index contributed by atoms with van der Waals surface area (Å²) >= 11 is 8.11. The van der Waals surface area contributed by atoms with E-state index < -0.39 is 5.97 Å². The molecular formula is C22H24ClNO2S. The number of carboxylic acid groups (broad SMARTS) is 1. The van der Waals surface area contributed by atoms with Crippen LogP contribution in [0.25, 0.3) is 5.57 Å². The zero-order valence-electron chi connectivity index (χ0n) is 15.7. The summed E-state index contributed by atoms with van der Waals surface area (Å²) in [7, 11) is 0. The molecule has 1 aliphatic rings. The highest BCUT2D eigenvalue weighted by molar-refractivity contribution is 7.11. The second-order valence-corrected chi connectivity index (χ2v) is 8.17. The Bertz CT molecular complexity index is 897. The smallest absolute Gasteiger partial charge is 0.332 e. The third-order valence-corrected chi connectivity index (χ3v) is 6.42. The number of aryl methyl sites for hydroxylation is 1. The van der Waals surface area contributed by atoms with E-state index in [1.54, 1.807) is 11.3 Å². The van der Waals surface area contributed by atoms with Gasteiger partial charge in [-0.2, -0.15) is 0 Å². The molecule has 0 bridgehead atoms. The minimum atomic E-state index is -0.806. The number of hydrogen-bond donors (Lipinski definition) is 1. The molecule has 1 aromatic carbocycles. The van der Waals surface area contributed by atoms with Crippen LogP contribution in [0, 0.1) is 13.8 Å². The van der Waals surface area contributed by atoms with E-state index in [0.29, 0.717) is 12.1 Å². The Hall–Kier alpha value is -1.88. The average Bonchev–Trinajstić information content (AvgIpc) is 3.07. The number of halogens is 1. The van der Waals surface area contributed by atoms with Gasteiger partial charge in [-0.25, -0.2) is 4.79 Å². The first-order chi connectivity index (χ1) is 13.0. The number of aliphatic carboxylic acids is 1. The van der Waals surface area contributed by atoms with Gasteiger partial charge in [0.15, 0.2) is 0 Å². The van der Waals surface area contributed by atoms with Crippen LogP contribution in [0.15, 0.2) is 47.4 Å². The molecule has 1 aromatic heterocycles. The van der Waals surface area contributed by atoms with Gasteiger partial charge in [0.05, 0.1) is 0 Å². The minimum absolute atomic E-state index is 0.505. The molecule has 0 aliphatic carbocycles. The Kier molecular flexibility index (Phi) is 6.53. The quantitative estimate of drug-likeness (QED) is 0.689. The number of benzene rings is 1. The zero-order chi connectivity index (χ0) is 19.4. The first-order valence-electron chi connectivity index (χ1n) is 9.12. The number of hydrogen-bond acceptors (Lipinski definition) is 3. The van der Waals surface area contributed by atoms with Crippen LogP contribution in [0.1, 0.15) is 34.4 Å². The fraction of sp³-hybridized carbons (Fsp3) is 0.318. The predicted octanol–water partition coefficient (Wildman–Crippen LogP) is 5.56. The van der Waals surface area contributed by atoms with Gasteiger partial charge in [0, 0.05) is 35.1 Å². The van der Waals surface area contributed by atoms with E-state index in [0.717, 1.165) is 42.1 Å². The predicted molar refractivity (Wildman–Crippen MR) is 114 cm³/mol. The Morgan fingerprint density at radius 1 is 1.33 bits per heavy atom. The average molecular weight is 402 g/mol. The Labute approximate surface area is 169 Å². The zero-order valence-corrected chi connectivity index (χ0v) is 17.2. The Morgan fingerprint density at radius 3 is 2.85 bits per heavy atom. The molecule has 3 rings (SSSR count). The molecule has 0 atom stereocenters. The lowest BCUT2D eigenvalue weighted by Crippen LogP contribution is -2.32. The molecule has 0 saturated heterocycles. The summed E-state index contributed by atoms with van der Waals surface area (Å²) in [5.41, 5.74) is 5.24. The van der Waals surface area contributed by atoms with E-state index in [4.69, 9.17) is 11.6 Å². The van der Waals surface area contributed by atoms with E-state index in [-0.39, 0.29) is 0 Å². The largest absolute Gasteiger partial charge is 0.478 e. The highest BCUT2D eigenvalue weighted by atomic mass is 35.5. The second-order valence-electron chi connectivity index (χ2n) is 6.85. The van der Waals surface area contributed by atoms with Crippen LogP contribution in [-0.4, -0.2) is 35.6 Å². The summed E-state index contributed by atoms with van der Waals surface area (Å²) in [4.78, 5) is 14.7. The SMILES string of the molecule is Cc1ccsc1C(=CCCN1CCC=C(C(=O)O)C1)c1cccc(Cl)c1C. The maximum Gasteiger partial charge on any atom is 0.332 e. The van der Waals surface area contributed by atoms with Crippen LogP contribution >= 0.6 is 22.9 Å². The minimum Gasteiger partial charge on any atom is -0.478 e. The second kappa shape index (κ2) is 8.87. The van der Waals surface area contributed by atoms with Crippen molar-refractivity contribution in [2.45, 2.75) is 26.7 Å². The van der Waals surface area contributed by atoms with Crippen molar-refractivity contribution >= 4 is 34.5 Å². The number of thiophene rings is 1. The lowest BCUT2D eigenvalue weighted by atomic mass is 9.96. The molecule has 2 heterocycles. The van der Waals surface area contributed by atoms with E-state index in [2.05, 4.69) is 42.3 Å². The van der Waals surface area contributed by atoms with Crippen LogP contribution in [0.4, 0.5) is 0 Å². The summed E-state index contributed by atoms with van der Waals surface area (Å²) in [5, 5.41) is 12.1. The van der Waals surface area contributed by atoms with Crippen LogP contribution in [0.2, 0.25) is 5.02 Å². The van der Waals surface area contributed by atoms with Crippen molar-refractivity contribution in [2.75, 3.05) is 19.6 Å². The van der Waals surface area contributed by atoms with Gasteiger partial charge in [0.1, 0.15) is 0 Å². The van der Waals surface area contributed by atoms with Gasteiger partial charge in [-0.3, -0.25) is 4.90 Å². The summed E-state index contributed by atoms with van der Waals surface area (Å²) in [6.45, 7) is 6.47. The number of carbonyl (C=O) groups is 1. The van der Waals surface area contributed by atoms with E-state index in [9.17, 15) is 9.90 Å². The number of carboxylic acids is 1. The molecule has 0 fully saturated rings. The van der Waals surface area contributed by atoms with Gasteiger partial charge in [-0.05, 0) is 66.5 Å². The summed E-state index contributed by atoms with van der Waals surface area (Å²) in [6.07, 6.45) is 5.78. The Balaban J connectivity index is 1.82. The molecule has 3 nitrogen and oxygen atoms in total. The van der Waals surface area contributed by atoms with E-state index >= 15 is 0 Å². The van der Waals surface area contributed by atoms with Crippen molar-refractivity contribution < 1.29 is 9.90 Å². The third-order valence-electron chi connectivity index (χ3n) is 4.96. The number of nitrogens with zero attached hydrogens (tertiary/aromatic N) is 1.